The molecule has 1 aliphatic rings. The molecule has 0 bridgehead atoms. The Bertz CT molecular complexity index is 279. The van der Waals surface area contributed by atoms with Gasteiger partial charge in [0.2, 0.25) is 0 Å². The molecule has 4 heteroatoms. The maximum Gasteiger partial charge on any atom is 0.115 e. The third-order valence-corrected chi connectivity index (χ3v) is 4.29. The molecule has 0 saturated heterocycles. The second-order valence-electron chi connectivity index (χ2n) is 3.72. The van der Waals surface area contributed by atoms with E-state index < -0.39 is 0 Å². The number of thioether (sulfide) groups is 1. The number of hydrogen-bond donors (Lipinski definition) is 1. The van der Waals surface area contributed by atoms with E-state index in [1.165, 1.54) is 19.3 Å². The summed E-state index contributed by atoms with van der Waals surface area (Å²) in [7, 11) is 0. The minimum absolute atomic E-state index is 0.468. The van der Waals surface area contributed by atoms with Crippen LogP contribution in [0.4, 0.5) is 5.69 Å². The van der Waals surface area contributed by atoms with E-state index in [1.807, 2.05) is 24.2 Å². The number of hydrogen-bond acceptors (Lipinski definition) is 4. The maximum atomic E-state index is 3.97. The zero-order valence-electron chi connectivity index (χ0n) is 8.36. The van der Waals surface area contributed by atoms with E-state index in [1.54, 1.807) is 6.33 Å². The van der Waals surface area contributed by atoms with Gasteiger partial charge >= 0.3 is 0 Å². The molecule has 0 spiro atoms. The molecule has 0 aromatic carbocycles. The minimum atomic E-state index is 0.468. The number of anilines is 1. The van der Waals surface area contributed by atoms with Crippen molar-refractivity contribution in [2.45, 2.75) is 24.0 Å². The molecule has 1 heterocycles. The fraction of sp³-hybridized carbons (Fsp3) is 0.600. The Balaban J connectivity index is 1.88. The summed E-state index contributed by atoms with van der Waals surface area (Å²) in [5, 5.41) is 3.39. The average Bonchev–Trinajstić information content (AvgIpc) is 2.19. The summed E-state index contributed by atoms with van der Waals surface area (Å²) in [4.78, 5) is 7.95. The third-order valence-electron chi connectivity index (χ3n) is 2.87. The highest BCUT2D eigenvalue weighted by molar-refractivity contribution is 8.00. The van der Waals surface area contributed by atoms with Crippen molar-refractivity contribution in [3.8, 4) is 0 Å². The molecule has 0 atom stereocenters. The van der Waals surface area contributed by atoms with Crippen LogP contribution in [0.5, 0.6) is 0 Å². The van der Waals surface area contributed by atoms with Crippen molar-refractivity contribution in [2.75, 3.05) is 18.1 Å². The number of nitrogens with zero attached hydrogens (tertiary/aromatic N) is 2. The fourth-order valence-electron chi connectivity index (χ4n) is 1.68. The van der Waals surface area contributed by atoms with Gasteiger partial charge in [0.1, 0.15) is 6.33 Å². The molecule has 0 amide bonds. The average molecular weight is 209 g/mol. The quantitative estimate of drug-likeness (QED) is 0.824. The summed E-state index contributed by atoms with van der Waals surface area (Å²) in [5.74, 6) is 0. The lowest BCUT2D eigenvalue weighted by Crippen LogP contribution is -2.40. The highest BCUT2D eigenvalue weighted by Crippen LogP contribution is 2.42. The van der Waals surface area contributed by atoms with Crippen molar-refractivity contribution in [3.63, 3.8) is 0 Å². The lowest BCUT2D eigenvalue weighted by atomic mass is 9.84. The Labute approximate surface area is 88.7 Å². The van der Waals surface area contributed by atoms with Crippen LogP contribution in [0.3, 0.4) is 0 Å². The lowest BCUT2D eigenvalue weighted by molar-refractivity contribution is 0.380. The van der Waals surface area contributed by atoms with Crippen LogP contribution >= 0.6 is 11.8 Å². The molecule has 1 aliphatic carbocycles. The Kier molecular flexibility index (Phi) is 2.91. The number of nitrogens with one attached hydrogen (secondary N) is 1. The summed E-state index contributed by atoms with van der Waals surface area (Å²) >= 11 is 1.97. The van der Waals surface area contributed by atoms with E-state index in [4.69, 9.17) is 0 Å². The largest absolute Gasteiger partial charge is 0.381 e. The fourth-order valence-corrected chi connectivity index (χ4v) is 2.59. The summed E-state index contributed by atoms with van der Waals surface area (Å²) in [6.07, 6.45) is 11.4. The molecule has 1 aromatic heterocycles. The van der Waals surface area contributed by atoms with Gasteiger partial charge in [0.25, 0.3) is 0 Å². The molecule has 1 aromatic rings. The highest BCUT2D eigenvalue weighted by Gasteiger charge is 2.35. The maximum absolute atomic E-state index is 3.97. The van der Waals surface area contributed by atoms with E-state index in [-0.39, 0.29) is 0 Å². The summed E-state index contributed by atoms with van der Waals surface area (Å²) in [6, 6.07) is 0. The first kappa shape index (κ1) is 9.77. The molecule has 1 fully saturated rings. The molecule has 14 heavy (non-hydrogen) atoms. The second-order valence-corrected chi connectivity index (χ2v) is 5.00. The molecule has 76 valence electrons. The van der Waals surface area contributed by atoms with Crippen LogP contribution < -0.4 is 5.32 Å². The first-order chi connectivity index (χ1) is 6.85. The van der Waals surface area contributed by atoms with Crippen LogP contribution in [-0.4, -0.2) is 27.5 Å². The van der Waals surface area contributed by atoms with Gasteiger partial charge in [0.05, 0.1) is 18.1 Å². The summed E-state index contributed by atoms with van der Waals surface area (Å²) in [5.41, 5.74) is 1.02. The van der Waals surface area contributed by atoms with Gasteiger partial charge in [0, 0.05) is 11.3 Å². The van der Waals surface area contributed by atoms with Gasteiger partial charge in [-0.25, -0.2) is 9.97 Å². The van der Waals surface area contributed by atoms with E-state index >= 15 is 0 Å². The predicted molar refractivity (Wildman–Crippen MR) is 60.6 cm³/mol. The Morgan fingerprint density at radius 3 is 2.64 bits per heavy atom. The van der Waals surface area contributed by atoms with E-state index in [9.17, 15) is 0 Å². The van der Waals surface area contributed by atoms with Gasteiger partial charge in [-0.3, -0.25) is 0 Å². The minimum Gasteiger partial charge on any atom is -0.381 e. The van der Waals surface area contributed by atoms with Crippen LogP contribution in [0.1, 0.15) is 19.3 Å². The van der Waals surface area contributed by atoms with Crippen molar-refractivity contribution in [1.82, 2.24) is 9.97 Å². The van der Waals surface area contributed by atoms with Crippen LogP contribution in [0.2, 0.25) is 0 Å². The first-order valence-electron chi connectivity index (χ1n) is 4.89. The SMILES string of the molecule is CSC1(CNc2cncnc2)CCC1. The van der Waals surface area contributed by atoms with Crippen LogP contribution in [0.15, 0.2) is 18.7 Å². The van der Waals surface area contributed by atoms with Gasteiger partial charge in [0.15, 0.2) is 0 Å². The Morgan fingerprint density at radius 2 is 2.14 bits per heavy atom. The molecule has 1 N–H and O–H groups in total. The number of aromatic nitrogens is 2. The van der Waals surface area contributed by atoms with Gasteiger partial charge < -0.3 is 5.32 Å². The van der Waals surface area contributed by atoms with Gasteiger partial charge in [-0.05, 0) is 19.1 Å². The van der Waals surface area contributed by atoms with Crippen LogP contribution in [0, 0.1) is 0 Å². The second kappa shape index (κ2) is 4.17. The Morgan fingerprint density at radius 1 is 1.43 bits per heavy atom. The molecule has 2 rings (SSSR count). The summed E-state index contributed by atoms with van der Waals surface area (Å²) < 4.78 is 0.468. The molecule has 0 radical (unpaired) electrons. The molecule has 1 saturated carbocycles. The normalized spacial score (nSPS) is 18.6. The van der Waals surface area contributed by atoms with E-state index in [2.05, 4.69) is 21.5 Å². The monoisotopic (exact) mass is 209 g/mol. The van der Waals surface area contributed by atoms with Crippen molar-refractivity contribution in [1.29, 1.82) is 0 Å². The zero-order valence-corrected chi connectivity index (χ0v) is 9.18. The lowest BCUT2D eigenvalue weighted by Gasteiger charge is -2.40. The van der Waals surface area contributed by atoms with Crippen LogP contribution in [-0.2, 0) is 0 Å². The first-order valence-corrected chi connectivity index (χ1v) is 6.11. The standard InChI is InChI=1S/C10H15N3S/c1-14-10(3-2-4-10)7-13-9-5-11-8-12-6-9/h5-6,8,13H,2-4,7H2,1H3. The smallest absolute Gasteiger partial charge is 0.115 e. The van der Waals surface area contributed by atoms with E-state index in [0.717, 1.165) is 12.2 Å². The zero-order chi connectivity index (χ0) is 9.86. The van der Waals surface area contributed by atoms with Gasteiger partial charge in [-0.2, -0.15) is 11.8 Å². The molecule has 0 unspecified atom stereocenters. The van der Waals surface area contributed by atoms with Crippen molar-refractivity contribution >= 4 is 17.4 Å². The van der Waals surface area contributed by atoms with Gasteiger partial charge in [-0.15, -0.1) is 0 Å². The Hall–Kier alpha value is -0.770. The van der Waals surface area contributed by atoms with Crippen molar-refractivity contribution < 1.29 is 0 Å². The van der Waals surface area contributed by atoms with Gasteiger partial charge in [-0.1, -0.05) is 6.42 Å². The van der Waals surface area contributed by atoms with Crippen molar-refractivity contribution in [3.05, 3.63) is 18.7 Å². The molecular formula is C10H15N3S. The third kappa shape index (κ3) is 2.00. The molecule has 0 aliphatic heterocycles. The highest BCUT2D eigenvalue weighted by atomic mass is 32.2. The van der Waals surface area contributed by atoms with E-state index in [0.29, 0.717) is 4.75 Å². The topological polar surface area (TPSA) is 37.8 Å². The predicted octanol–water partition coefficient (Wildman–Crippen LogP) is 2.17. The molecular weight excluding hydrogens is 194 g/mol. The van der Waals surface area contributed by atoms with Crippen molar-refractivity contribution in [2.24, 2.45) is 0 Å². The molecule has 3 nitrogen and oxygen atoms in total. The summed E-state index contributed by atoms with van der Waals surface area (Å²) in [6.45, 7) is 1.03. The van der Waals surface area contributed by atoms with Crippen LogP contribution in [0.25, 0.3) is 0 Å². The number of rotatable bonds is 4.